The molecule has 0 aliphatic heterocycles. The van der Waals surface area contributed by atoms with Crippen LogP contribution in [0.5, 0.6) is 0 Å². The third kappa shape index (κ3) is 11.4. The molecule has 0 aliphatic rings. The highest BCUT2D eigenvalue weighted by Crippen LogP contribution is 2.25. The molecule has 0 heterocycles. The van der Waals surface area contributed by atoms with E-state index >= 15 is 0 Å². The molecule has 1 unspecified atom stereocenters. The quantitative estimate of drug-likeness (QED) is 0.102. The average molecular weight is 535 g/mol. The summed E-state index contributed by atoms with van der Waals surface area (Å²) in [5, 5.41) is 0. The van der Waals surface area contributed by atoms with E-state index in [2.05, 4.69) is 74.6 Å². The molecule has 0 saturated heterocycles. The molecule has 0 amide bonds. The number of rotatable bonds is 16. The minimum Gasteiger partial charge on any atom is -0.373 e. The molecule has 0 fully saturated rings. The summed E-state index contributed by atoms with van der Waals surface area (Å²) in [7, 11) is -2.64. The lowest BCUT2D eigenvalue weighted by molar-refractivity contribution is 0.0564. The number of hydrogen-bond donors (Lipinski definition) is 0. The van der Waals surface area contributed by atoms with E-state index in [-0.39, 0.29) is 11.0 Å². The van der Waals surface area contributed by atoms with Gasteiger partial charge in [-0.15, -0.1) is 0 Å². The normalized spacial score (nSPS) is 12.6. The minimum atomic E-state index is -2.64. The number of alkyl halides is 1. The second kappa shape index (κ2) is 17.0. The van der Waals surface area contributed by atoms with Crippen LogP contribution in [-0.4, -0.2) is 39.6 Å². The topological polar surface area (TPSA) is 27.7 Å². The van der Waals surface area contributed by atoms with Crippen molar-refractivity contribution >= 4 is 42.4 Å². The Hall–Kier alpha value is 0.264. The first-order valence-corrected chi connectivity index (χ1v) is 13.9. The van der Waals surface area contributed by atoms with Crippen LogP contribution in [0.2, 0.25) is 6.04 Å². The van der Waals surface area contributed by atoms with E-state index in [1.165, 1.54) is 11.1 Å². The van der Waals surface area contributed by atoms with E-state index in [1.54, 1.807) is 0 Å². The van der Waals surface area contributed by atoms with Crippen LogP contribution in [0.25, 0.3) is 0 Å². The molecule has 0 saturated carbocycles. The second-order valence-corrected chi connectivity index (χ2v) is 11.8. The van der Waals surface area contributed by atoms with Gasteiger partial charge in [-0.2, -0.15) is 0 Å². The second-order valence-electron chi connectivity index (χ2n) is 7.15. The van der Waals surface area contributed by atoms with Gasteiger partial charge in [0.15, 0.2) is 0 Å². The lowest BCUT2D eigenvalue weighted by Gasteiger charge is -2.30. The molecule has 1 atom stereocenters. The van der Waals surface area contributed by atoms with Gasteiger partial charge in [-0.05, 0) is 43.7 Å². The molecule has 28 heavy (non-hydrogen) atoms. The molecule has 0 bridgehead atoms. The number of halogens is 1. The smallest absolute Gasteiger partial charge is 0.373 e. The SMILES string of the molecule is CCCCO[Si](CCc1cccc(C(C)I)c1)(OCCCC)OCCCC.[Si]. The van der Waals surface area contributed by atoms with Crippen molar-refractivity contribution < 1.29 is 13.3 Å². The molecule has 3 nitrogen and oxygen atoms in total. The first-order chi connectivity index (χ1) is 13.1. The molecule has 4 radical (unpaired) electrons. The van der Waals surface area contributed by atoms with Crippen molar-refractivity contribution in [3.63, 3.8) is 0 Å². The van der Waals surface area contributed by atoms with E-state index in [0.29, 0.717) is 3.92 Å². The minimum absolute atomic E-state index is 0. The number of unbranched alkanes of at least 4 members (excludes halogenated alkanes) is 3. The van der Waals surface area contributed by atoms with Crippen LogP contribution in [0, 0.1) is 0 Å². The van der Waals surface area contributed by atoms with Crippen LogP contribution in [-0.2, 0) is 19.7 Å². The van der Waals surface area contributed by atoms with Crippen molar-refractivity contribution in [2.75, 3.05) is 19.8 Å². The standard InChI is InChI=1S/C22H39IO3Si.Si/c1-5-8-15-24-27(25-16-9-6-2,26-17-10-7-3)18-14-21-12-11-13-22(19-21)20(4)23;/h11-13,19-20H,5-10,14-18H2,1-4H3;. The fraction of sp³-hybridized carbons (Fsp3) is 0.727. The first-order valence-electron chi connectivity index (χ1n) is 10.7. The van der Waals surface area contributed by atoms with E-state index in [9.17, 15) is 0 Å². The zero-order valence-electron chi connectivity index (χ0n) is 18.3. The summed E-state index contributed by atoms with van der Waals surface area (Å²) in [4.78, 5) is 0. The highest BCUT2D eigenvalue weighted by Gasteiger charge is 2.40. The summed E-state index contributed by atoms with van der Waals surface area (Å²) >= 11 is 2.47. The van der Waals surface area contributed by atoms with E-state index < -0.39 is 8.80 Å². The maximum Gasteiger partial charge on any atom is 0.501 e. The Labute approximate surface area is 192 Å². The summed E-state index contributed by atoms with van der Waals surface area (Å²) in [5.74, 6) is 0. The zero-order valence-corrected chi connectivity index (χ0v) is 22.4. The van der Waals surface area contributed by atoms with Gasteiger partial charge in [0.2, 0.25) is 0 Å². The monoisotopic (exact) mass is 534 g/mol. The highest BCUT2D eigenvalue weighted by atomic mass is 127. The number of aryl methyl sites for hydroxylation is 1. The van der Waals surface area contributed by atoms with Crippen molar-refractivity contribution in [1.82, 2.24) is 0 Å². The largest absolute Gasteiger partial charge is 0.501 e. The summed E-state index contributed by atoms with van der Waals surface area (Å²) in [6, 6.07) is 9.77. The van der Waals surface area contributed by atoms with Crippen LogP contribution in [0.15, 0.2) is 24.3 Å². The maximum atomic E-state index is 6.36. The van der Waals surface area contributed by atoms with Crippen molar-refractivity contribution in [3.05, 3.63) is 35.4 Å². The van der Waals surface area contributed by atoms with Crippen LogP contribution >= 0.6 is 22.6 Å². The number of benzene rings is 1. The van der Waals surface area contributed by atoms with Gasteiger partial charge in [0.25, 0.3) is 0 Å². The summed E-state index contributed by atoms with van der Waals surface area (Å²) in [6.07, 6.45) is 7.52. The molecule has 1 aromatic carbocycles. The Morgan fingerprint density at radius 3 is 1.82 bits per heavy atom. The van der Waals surface area contributed by atoms with Crippen molar-refractivity contribution in [2.24, 2.45) is 0 Å². The Morgan fingerprint density at radius 1 is 0.893 bits per heavy atom. The molecule has 0 aromatic heterocycles. The Bertz CT molecular complexity index is 474. The predicted molar refractivity (Wildman–Crippen MR) is 131 cm³/mol. The fourth-order valence-corrected chi connectivity index (χ4v) is 5.78. The van der Waals surface area contributed by atoms with Crippen LogP contribution in [0.1, 0.15) is 81.3 Å². The molecular formula is C22H39IO3Si2. The van der Waals surface area contributed by atoms with Gasteiger partial charge in [0.1, 0.15) is 0 Å². The molecule has 0 spiro atoms. The van der Waals surface area contributed by atoms with Crippen LogP contribution in [0.3, 0.4) is 0 Å². The van der Waals surface area contributed by atoms with Gasteiger partial charge < -0.3 is 13.3 Å². The highest BCUT2D eigenvalue weighted by molar-refractivity contribution is 14.1. The molecule has 1 aromatic rings. The number of hydrogen-bond acceptors (Lipinski definition) is 3. The van der Waals surface area contributed by atoms with Gasteiger partial charge in [-0.3, -0.25) is 0 Å². The third-order valence-corrected chi connectivity index (χ3v) is 8.10. The van der Waals surface area contributed by atoms with Crippen molar-refractivity contribution in [3.8, 4) is 0 Å². The summed E-state index contributed by atoms with van der Waals surface area (Å²) < 4.78 is 19.6. The van der Waals surface area contributed by atoms with E-state index in [4.69, 9.17) is 13.3 Å². The maximum absolute atomic E-state index is 6.36. The van der Waals surface area contributed by atoms with Gasteiger partial charge in [-0.25, -0.2) is 0 Å². The fourth-order valence-electron chi connectivity index (χ4n) is 2.75. The Kier molecular flexibility index (Phi) is 17.2. The zero-order chi connectivity index (χ0) is 20.0. The molecule has 6 heteroatoms. The van der Waals surface area contributed by atoms with Crippen molar-refractivity contribution in [2.45, 2.75) is 82.6 Å². The van der Waals surface area contributed by atoms with Gasteiger partial charge in [0.05, 0.1) is 0 Å². The molecule has 0 N–H and O–H groups in total. The van der Waals surface area contributed by atoms with Gasteiger partial charge in [-0.1, -0.05) is 86.9 Å². The van der Waals surface area contributed by atoms with Crippen LogP contribution < -0.4 is 0 Å². The predicted octanol–water partition coefficient (Wildman–Crippen LogP) is 6.73. The molecular weight excluding hydrogens is 495 g/mol. The molecule has 0 aliphatic carbocycles. The summed E-state index contributed by atoms with van der Waals surface area (Å²) in [5.41, 5.74) is 2.73. The lowest BCUT2D eigenvalue weighted by Crippen LogP contribution is -2.47. The first kappa shape index (κ1) is 28.3. The van der Waals surface area contributed by atoms with E-state index in [0.717, 1.165) is 70.8 Å². The van der Waals surface area contributed by atoms with Crippen molar-refractivity contribution in [1.29, 1.82) is 0 Å². The Morgan fingerprint density at radius 2 is 1.39 bits per heavy atom. The average Bonchev–Trinajstić information content (AvgIpc) is 2.67. The molecule has 160 valence electrons. The van der Waals surface area contributed by atoms with Crippen LogP contribution in [0.4, 0.5) is 0 Å². The van der Waals surface area contributed by atoms with E-state index in [1.807, 2.05) is 0 Å². The Balaban J connectivity index is 0.00000729. The third-order valence-electron chi connectivity index (χ3n) is 4.59. The van der Waals surface area contributed by atoms with Gasteiger partial charge in [0, 0.05) is 40.8 Å². The summed E-state index contributed by atoms with van der Waals surface area (Å²) in [6.45, 7) is 11.0. The van der Waals surface area contributed by atoms with Gasteiger partial charge >= 0.3 is 8.80 Å². The lowest BCUT2D eigenvalue weighted by atomic mass is 10.1. The molecule has 1 rings (SSSR count).